The molecule has 5 rings (SSSR count). The maximum absolute atomic E-state index is 13.4. The van der Waals surface area contributed by atoms with E-state index in [1.807, 2.05) is 37.3 Å². The van der Waals surface area contributed by atoms with Crippen LogP contribution in [-0.4, -0.2) is 57.9 Å². The summed E-state index contributed by atoms with van der Waals surface area (Å²) in [7, 11) is 1.58. The minimum atomic E-state index is -0.722. The highest BCUT2D eigenvalue weighted by atomic mass is 32.2. The number of nitrogens with one attached hydrogen (secondary N) is 1. The van der Waals surface area contributed by atoms with E-state index >= 15 is 0 Å². The molecule has 11 heteroatoms. The third-order valence-electron chi connectivity index (χ3n) is 6.24. The number of allylic oxidation sites excluding steroid dienone is 1. The molecule has 1 aromatic heterocycles. The quantitative estimate of drug-likeness (QED) is 0.215. The van der Waals surface area contributed by atoms with Crippen LogP contribution in [0.2, 0.25) is 0 Å². The first kappa shape index (κ1) is 27.6. The Labute approximate surface area is 239 Å². The number of amides is 2. The molecule has 0 bridgehead atoms. The third kappa shape index (κ3) is 6.26. The number of fused-ring (bicyclic) bond motifs is 1. The van der Waals surface area contributed by atoms with Gasteiger partial charge in [-0.05, 0) is 48.4 Å². The second-order valence-corrected chi connectivity index (χ2v) is 11.2. The molecule has 9 nitrogen and oxygen atoms in total. The summed E-state index contributed by atoms with van der Waals surface area (Å²) in [6.07, 6.45) is 3.44. The molecular formula is C29H27N3O6S2. The summed E-state index contributed by atoms with van der Waals surface area (Å²) in [6, 6.07) is 17.8. The van der Waals surface area contributed by atoms with Crippen molar-refractivity contribution in [2.45, 2.75) is 29.8 Å². The van der Waals surface area contributed by atoms with Gasteiger partial charge < -0.3 is 19.3 Å². The summed E-state index contributed by atoms with van der Waals surface area (Å²) in [5, 5.41) is 6.31. The fourth-order valence-electron chi connectivity index (χ4n) is 4.22. The molecule has 2 aliphatic heterocycles. The monoisotopic (exact) mass is 577 g/mol. The van der Waals surface area contributed by atoms with Gasteiger partial charge in [-0.25, -0.2) is 4.79 Å². The molecule has 1 saturated heterocycles. The number of hydrogen-bond donors (Lipinski definition) is 1. The lowest BCUT2D eigenvalue weighted by Crippen LogP contribution is -2.70. The number of aromatic nitrogens is 1. The zero-order valence-electron chi connectivity index (χ0n) is 21.9. The van der Waals surface area contributed by atoms with Crippen LogP contribution in [-0.2, 0) is 25.7 Å². The van der Waals surface area contributed by atoms with Gasteiger partial charge in [-0.1, -0.05) is 41.6 Å². The van der Waals surface area contributed by atoms with E-state index in [1.165, 1.54) is 28.4 Å². The highest BCUT2D eigenvalue weighted by molar-refractivity contribution is 8.00. The number of aryl methyl sites for hydroxylation is 1. The van der Waals surface area contributed by atoms with Gasteiger partial charge in [0.2, 0.25) is 5.91 Å². The number of methoxy groups -OCH3 is 1. The fraction of sp³-hybridized carbons (Fsp3) is 0.241. The average Bonchev–Trinajstić information content (AvgIpc) is 3.41. The van der Waals surface area contributed by atoms with Crippen molar-refractivity contribution in [2.75, 3.05) is 18.6 Å². The van der Waals surface area contributed by atoms with Crippen LogP contribution in [0.5, 0.6) is 5.75 Å². The molecule has 1 N–H and O–H groups in total. The third-order valence-corrected chi connectivity index (χ3v) is 8.56. The highest BCUT2D eigenvalue weighted by Gasteiger charge is 2.54. The van der Waals surface area contributed by atoms with Gasteiger partial charge >= 0.3 is 5.97 Å². The molecule has 0 radical (unpaired) electrons. The van der Waals surface area contributed by atoms with Crippen molar-refractivity contribution in [1.82, 2.24) is 15.4 Å². The molecule has 0 saturated carbocycles. The summed E-state index contributed by atoms with van der Waals surface area (Å²) in [6.45, 7) is 1.84. The fourth-order valence-corrected chi connectivity index (χ4v) is 6.27. The Morgan fingerprint density at radius 1 is 1.18 bits per heavy atom. The molecule has 1 fully saturated rings. The van der Waals surface area contributed by atoms with Gasteiger partial charge in [-0.3, -0.25) is 14.5 Å². The van der Waals surface area contributed by atoms with E-state index in [0.29, 0.717) is 22.8 Å². The SMILES string of the molecule is COc1ccc(COC(=O)C2=C(/C=C/c3cc(C)no3)CS[C@@H]3[C@H](NC(=O)CSc4ccccc4)C(=O)N23)cc1. The van der Waals surface area contributed by atoms with Crippen LogP contribution < -0.4 is 10.1 Å². The van der Waals surface area contributed by atoms with Gasteiger partial charge in [0.15, 0.2) is 5.76 Å². The molecule has 206 valence electrons. The van der Waals surface area contributed by atoms with Crippen LogP contribution in [0, 0.1) is 6.92 Å². The summed E-state index contributed by atoms with van der Waals surface area (Å²) < 4.78 is 16.1. The minimum absolute atomic E-state index is 0.0291. The Morgan fingerprint density at radius 2 is 1.95 bits per heavy atom. The van der Waals surface area contributed by atoms with Crippen molar-refractivity contribution >= 4 is 47.4 Å². The first-order chi connectivity index (χ1) is 19.4. The van der Waals surface area contributed by atoms with E-state index in [0.717, 1.165) is 16.2 Å². The summed E-state index contributed by atoms with van der Waals surface area (Å²) >= 11 is 2.87. The molecule has 2 amide bonds. The second-order valence-electron chi connectivity index (χ2n) is 9.06. The predicted octanol–water partition coefficient (Wildman–Crippen LogP) is 4.19. The normalized spacial score (nSPS) is 18.4. The number of thioether (sulfide) groups is 2. The first-order valence-electron chi connectivity index (χ1n) is 12.5. The lowest BCUT2D eigenvalue weighted by atomic mass is 10.0. The summed E-state index contributed by atoms with van der Waals surface area (Å²) in [5.74, 6) is 0.630. The molecule has 2 aliphatic rings. The standard InChI is InChI=1S/C29H27N3O6S2/c1-18-14-22(38-31-18)13-10-20-16-40-28-25(30-24(33)17-39-23-6-4-3-5-7-23)27(34)32(28)26(20)29(35)37-15-19-8-11-21(36-2)12-9-19/h3-14,25,28H,15-17H2,1-2H3,(H,30,33)/b13-10+/t25-,28-/m1/s1. The smallest absolute Gasteiger partial charge is 0.355 e. The molecule has 0 unspecified atom stereocenters. The maximum Gasteiger partial charge on any atom is 0.355 e. The van der Waals surface area contributed by atoms with E-state index in [4.69, 9.17) is 14.0 Å². The van der Waals surface area contributed by atoms with Crippen LogP contribution in [0.15, 0.2) is 87.4 Å². The van der Waals surface area contributed by atoms with Gasteiger partial charge in [0.25, 0.3) is 5.91 Å². The van der Waals surface area contributed by atoms with Gasteiger partial charge in [0, 0.05) is 16.7 Å². The lowest BCUT2D eigenvalue weighted by Gasteiger charge is -2.49. The molecule has 0 aliphatic carbocycles. The van der Waals surface area contributed by atoms with E-state index in [2.05, 4.69) is 10.5 Å². The Bertz CT molecular complexity index is 1450. The zero-order chi connectivity index (χ0) is 28.1. The van der Waals surface area contributed by atoms with Crippen molar-refractivity contribution in [3.05, 3.63) is 95.0 Å². The lowest BCUT2D eigenvalue weighted by molar-refractivity contribution is -0.153. The minimum Gasteiger partial charge on any atom is -0.497 e. The topological polar surface area (TPSA) is 111 Å². The number of carbonyl (C=O) groups excluding carboxylic acids is 3. The predicted molar refractivity (Wildman–Crippen MR) is 152 cm³/mol. The van der Waals surface area contributed by atoms with Crippen LogP contribution in [0.4, 0.5) is 0 Å². The Morgan fingerprint density at radius 3 is 2.65 bits per heavy atom. The van der Waals surface area contributed by atoms with Gasteiger partial charge in [0.1, 0.15) is 29.5 Å². The van der Waals surface area contributed by atoms with Crippen molar-refractivity contribution in [3.8, 4) is 5.75 Å². The highest BCUT2D eigenvalue weighted by Crippen LogP contribution is 2.41. The summed E-state index contributed by atoms with van der Waals surface area (Å²) in [5.41, 5.74) is 2.29. The van der Waals surface area contributed by atoms with E-state index < -0.39 is 17.4 Å². The van der Waals surface area contributed by atoms with Crippen LogP contribution in [0.3, 0.4) is 0 Å². The van der Waals surface area contributed by atoms with Crippen LogP contribution in [0.25, 0.3) is 6.08 Å². The number of ether oxygens (including phenoxy) is 2. The van der Waals surface area contributed by atoms with Gasteiger partial charge in [0.05, 0.1) is 18.6 Å². The number of nitrogens with zero attached hydrogens (tertiary/aromatic N) is 2. The van der Waals surface area contributed by atoms with Gasteiger partial charge in [-0.15, -0.1) is 23.5 Å². The van der Waals surface area contributed by atoms with Crippen molar-refractivity contribution in [3.63, 3.8) is 0 Å². The molecule has 0 spiro atoms. The Kier molecular flexibility index (Phi) is 8.61. The Balaban J connectivity index is 1.30. The molecule has 40 heavy (non-hydrogen) atoms. The maximum atomic E-state index is 13.4. The molecule has 2 aromatic carbocycles. The average molecular weight is 578 g/mol. The molecular weight excluding hydrogens is 550 g/mol. The van der Waals surface area contributed by atoms with Crippen LogP contribution >= 0.6 is 23.5 Å². The number of rotatable bonds is 10. The number of β-lactam (4-membered cyclic amide) rings is 1. The number of esters is 1. The van der Waals surface area contributed by atoms with E-state index in [9.17, 15) is 14.4 Å². The van der Waals surface area contributed by atoms with Gasteiger partial charge in [-0.2, -0.15) is 0 Å². The van der Waals surface area contributed by atoms with Crippen molar-refractivity contribution in [1.29, 1.82) is 0 Å². The largest absolute Gasteiger partial charge is 0.497 e. The van der Waals surface area contributed by atoms with E-state index in [-0.39, 0.29) is 29.9 Å². The summed E-state index contributed by atoms with van der Waals surface area (Å²) in [4.78, 5) is 41.7. The zero-order valence-corrected chi connectivity index (χ0v) is 23.5. The Hall–Kier alpha value is -3.96. The van der Waals surface area contributed by atoms with Crippen LogP contribution in [0.1, 0.15) is 17.0 Å². The number of carbonyl (C=O) groups is 3. The van der Waals surface area contributed by atoms with Crippen molar-refractivity contribution < 1.29 is 28.4 Å². The number of benzene rings is 2. The first-order valence-corrected chi connectivity index (χ1v) is 14.5. The molecule has 2 atom stereocenters. The number of hydrogen-bond acceptors (Lipinski definition) is 9. The van der Waals surface area contributed by atoms with E-state index in [1.54, 1.807) is 49.6 Å². The van der Waals surface area contributed by atoms with Crippen molar-refractivity contribution in [2.24, 2.45) is 0 Å². The molecule has 3 heterocycles. The second kappa shape index (κ2) is 12.5. The molecule has 3 aromatic rings.